The number of carbonyl (C=O) groups excluding carboxylic acids is 1. The standard InChI is InChI=1S/C20H20O11/c21-8-4-11(24)14-13(5-8)30-18(7-1-2-9(22)10(23)3-7)19(16(14)27)31-20-17(28)15(26)12(25)6-29-20/h1-5,12,15,17-26,28H,6H2/t12-,15+,17-,18?,19?,20+/m0/s1. The van der Waals surface area contributed by atoms with Crippen LogP contribution in [0, 0.1) is 0 Å². The number of hydrogen-bond acceptors (Lipinski definition) is 11. The molecule has 0 amide bonds. The Bertz CT molecular complexity index is 1010. The molecule has 2 unspecified atom stereocenters. The first-order valence-electron chi connectivity index (χ1n) is 9.27. The molecule has 11 nitrogen and oxygen atoms in total. The van der Waals surface area contributed by atoms with Crippen molar-refractivity contribution in [2.45, 2.75) is 36.8 Å². The maximum absolute atomic E-state index is 13.2. The molecule has 2 aliphatic heterocycles. The number of phenolic OH excluding ortho intramolecular Hbond substituents is 4. The molecule has 1 saturated heterocycles. The molecule has 31 heavy (non-hydrogen) atoms. The van der Waals surface area contributed by atoms with Gasteiger partial charge in [-0.3, -0.25) is 4.79 Å². The summed E-state index contributed by atoms with van der Waals surface area (Å²) in [5.74, 6) is -2.78. The number of phenols is 4. The van der Waals surface area contributed by atoms with Gasteiger partial charge in [0.1, 0.15) is 41.1 Å². The largest absolute Gasteiger partial charge is 0.508 e. The molecule has 2 heterocycles. The molecular weight excluding hydrogens is 416 g/mol. The third-order valence-corrected chi connectivity index (χ3v) is 5.16. The topological polar surface area (TPSA) is 186 Å². The van der Waals surface area contributed by atoms with Crippen LogP contribution in [-0.4, -0.2) is 78.8 Å². The van der Waals surface area contributed by atoms with Gasteiger partial charge in [-0.05, 0) is 17.7 Å². The third-order valence-electron chi connectivity index (χ3n) is 5.16. The van der Waals surface area contributed by atoms with Crippen molar-refractivity contribution in [2.24, 2.45) is 0 Å². The van der Waals surface area contributed by atoms with E-state index in [1.165, 1.54) is 6.07 Å². The molecular formula is C20H20O11. The van der Waals surface area contributed by atoms with Crippen molar-refractivity contribution >= 4 is 5.78 Å². The van der Waals surface area contributed by atoms with Gasteiger partial charge in [0.15, 0.2) is 30.0 Å². The Balaban J connectivity index is 1.74. The maximum atomic E-state index is 13.2. The fraction of sp³-hybridized carbons (Fsp3) is 0.350. The Morgan fingerprint density at radius 3 is 2.35 bits per heavy atom. The van der Waals surface area contributed by atoms with Crippen LogP contribution < -0.4 is 4.74 Å². The number of aromatic hydroxyl groups is 4. The van der Waals surface area contributed by atoms with Crippen molar-refractivity contribution in [3.05, 3.63) is 41.5 Å². The molecule has 0 aliphatic carbocycles. The minimum atomic E-state index is -1.69. The monoisotopic (exact) mass is 436 g/mol. The van der Waals surface area contributed by atoms with Crippen LogP contribution in [0.4, 0.5) is 0 Å². The lowest BCUT2D eigenvalue weighted by Gasteiger charge is -2.39. The minimum absolute atomic E-state index is 0.152. The first-order valence-corrected chi connectivity index (χ1v) is 9.27. The van der Waals surface area contributed by atoms with E-state index < -0.39 is 59.8 Å². The first-order chi connectivity index (χ1) is 14.7. The molecule has 1 fully saturated rings. The normalized spacial score (nSPS) is 30.5. The molecule has 2 aromatic carbocycles. The molecule has 166 valence electrons. The predicted octanol–water partition coefficient (Wildman–Crippen LogP) is -0.350. The average molecular weight is 436 g/mol. The van der Waals surface area contributed by atoms with Crippen LogP contribution in [0.25, 0.3) is 0 Å². The zero-order valence-corrected chi connectivity index (χ0v) is 15.8. The molecule has 6 atom stereocenters. The van der Waals surface area contributed by atoms with E-state index in [-0.39, 0.29) is 29.2 Å². The van der Waals surface area contributed by atoms with Crippen molar-refractivity contribution in [1.82, 2.24) is 0 Å². The summed E-state index contributed by atoms with van der Waals surface area (Å²) < 4.78 is 16.6. The summed E-state index contributed by atoms with van der Waals surface area (Å²) in [6.07, 6.45) is -8.95. The smallest absolute Gasteiger partial charge is 0.203 e. The van der Waals surface area contributed by atoms with Gasteiger partial charge in [0.05, 0.1) is 6.61 Å². The lowest BCUT2D eigenvalue weighted by atomic mass is 9.92. The van der Waals surface area contributed by atoms with Crippen LogP contribution in [0.5, 0.6) is 28.7 Å². The van der Waals surface area contributed by atoms with E-state index in [1.807, 2.05) is 0 Å². The van der Waals surface area contributed by atoms with Crippen LogP contribution in [0.1, 0.15) is 22.0 Å². The van der Waals surface area contributed by atoms with Crippen molar-refractivity contribution in [1.29, 1.82) is 0 Å². The number of carbonyl (C=O) groups is 1. The fourth-order valence-corrected chi connectivity index (χ4v) is 3.54. The Hall–Kier alpha value is -3.09. The molecule has 0 saturated carbocycles. The van der Waals surface area contributed by atoms with Crippen LogP contribution in [0.2, 0.25) is 0 Å². The van der Waals surface area contributed by atoms with Gasteiger partial charge in [-0.1, -0.05) is 6.07 Å². The van der Waals surface area contributed by atoms with E-state index in [1.54, 1.807) is 0 Å². The SMILES string of the molecule is O=C1c2c(O)cc(O)cc2OC(c2ccc(O)c(O)c2)C1O[C@H]1OC[C@H](O)[C@@H](O)[C@@H]1O. The number of aliphatic hydroxyl groups excluding tert-OH is 3. The van der Waals surface area contributed by atoms with Crippen molar-refractivity contribution in [3.63, 3.8) is 0 Å². The second-order valence-electron chi connectivity index (χ2n) is 7.30. The number of ether oxygens (including phenoxy) is 3. The highest BCUT2D eigenvalue weighted by molar-refractivity contribution is 6.05. The van der Waals surface area contributed by atoms with E-state index in [4.69, 9.17) is 14.2 Å². The summed E-state index contributed by atoms with van der Waals surface area (Å²) in [5.41, 5.74) is -0.0963. The number of hydrogen-bond donors (Lipinski definition) is 7. The quantitative estimate of drug-likeness (QED) is 0.312. The summed E-state index contributed by atoms with van der Waals surface area (Å²) in [5, 5.41) is 69.0. The molecule has 7 N–H and O–H groups in total. The number of fused-ring (bicyclic) bond motifs is 1. The molecule has 0 spiro atoms. The highest BCUT2D eigenvalue weighted by Crippen LogP contribution is 2.44. The van der Waals surface area contributed by atoms with E-state index in [9.17, 15) is 40.5 Å². The highest BCUT2D eigenvalue weighted by atomic mass is 16.7. The van der Waals surface area contributed by atoms with E-state index in [2.05, 4.69) is 0 Å². The molecule has 2 aliphatic rings. The summed E-state index contributed by atoms with van der Waals surface area (Å²) in [7, 11) is 0. The van der Waals surface area contributed by atoms with Gasteiger partial charge in [-0.15, -0.1) is 0 Å². The van der Waals surface area contributed by atoms with Gasteiger partial charge in [0, 0.05) is 12.1 Å². The van der Waals surface area contributed by atoms with Gasteiger partial charge in [0.2, 0.25) is 5.78 Å². The Morgan fingerprint density at radius 2 is 1.65 bits per heavy atom. The van der Waals surface area contributed by atoms with Crippen molar-refractivity contribution < 1.29 is 54.8 Å². The molecule has 0 bridgehead atoms. The second kappa shape index (κ2) is 7.87. The zero-order valence-electron chi connectivity index (χ0n) is 15.8. The van der Waals surface area contributed by atoms with Gasteiger partial charge in [0.25, 0.3) is 0 Å². The van der Waals surface area contributed by atoms with Crippen LogP contribution in [0.3, 0.4) is 0 Å². The third kappa shape index (κ3) is 3.73. The molecule has 4 rings (SSSR count). The molecule has 11 heteroatoms. The molecule has 0 aromatic heterocycles. The van der Waals surface area contributed by atoms with Crippen LogP contribution in [0.15, 0.2) is 30.3 Å². The number of rotatable bonds is 3. The van der Waals surface area contributed by atoms with Crippen LogP contribution >= 0.6 is 0 Å². The summed E-state index contributed by atoms with van der Waals surface area (Å²) >= 11 is 0. The van der Waals surface area contributed by atoms with Gasteiger partial charge in [-0.25, -0.2) is 0 Å². The number of Topliss-reactive ketones (excluding diaryl/α,β-unsaturated/α-hetero) is 1. The summed E-state index contributed by atoms with van der Waals surface area (Å²) in [4.78, 5) is 13.2. The number of ketones is 1. The maximum Gasteiger partial charge on any atom is 0.203 e. The van der Waals surface area contributed by atoms with Crippen molar-refractivity contribution in [3.8, 4) is 28.7 Å². The van der Waals surface area contributed by atoms with Crippen molar-refractivity contribution in [2.75, 3.05) is 6.61 Å². The van der Waals surface area contributed by atoms with Gasteiger partial charge in [-0.2, -0.15) is 0 Å². The Labute approximate surface area is 174 Å². The molecule has 0 radical (unpaired) electrons. The zero-order chi connectivity index (χ0) is 22.4. The lowest BCUT2D eigenvalue weighted by molar-refractivity contribution is -0.283. The average Bonchev–Trinajstić information content (AvgIpc) is 2.71. The van der Waals surface area contributed by atoms with E-state index >= 15 is 0 Å². The summed E-state index contributed by atoms with van der Waals surface area (Å²) in [6.45, 7) is -0.370. The van der Waals surface area contributed by atoms with Gasteiger partial charge >= 0.3 is 0 Å². The van der Waals surface area contributed by atoms with Gasteiger partial charge < -0.3 is 50.0 Å². The highest BCUT2D eigenvalue weighted by Gasteiger charge is 2.46. The van der Waals surface area contributed by atoms with Crippen LogP contribution in [-0.2, 0) is 9.47 Å². The van der Waals surface area contributed by atoms with E-state index in [0.29, 0.717) is 0 Å². The Morgan fingerprint density at radius 1 is 0.903 bits per heavy atom. The summed E-state index contributed by atoms with van der Waals surface area (Å²) in [6, 6.07) is 5.71. The van der Waals surface area contributed by atoms with E-state index in [0.717, 1.165) is 24.3 Å². The lowest BCUT2D eigenvalue weighted by Crippen LogP contribution is -2.56. The first kappa shape index (κ1) is 21.2. The predicted molar refractivity (Wildman–Crippen MR) is 99.9 cm³/mol. The second-order valence-corrected chi connectivity index (χ2v) is 7.30. The Kier molecular flexibility index (Phi) is 5.37. The minimum Gasteiger partial charge on any atom is -0.508 e. The number of benzene rings is 2. The molecule has 2 aromatic rings. The number of aliphatic hydroxyl groups is 3. The fourth-order valence-electron chi connectivity index (χ4n) is 3.54.